The van der Waals surface area contributed by atoms with Gasteiger partial charge in [-0.1, -0.05) is 23.4 Å². The molecule has 2 N–H and O–H groups in total. The molecule has 0 radical (unpaired) electrons. The molecule has 0 aliphatic carbocycles. The average Bonchev–Trinajstić information content (AvgIpc) is 3.24. The van der Waals surface area contributed by atoms with E-state index in [1.165, 1.54) is 0 Å². The monoisotopic (exact) mass is 316 g/mol. The molecule has 7 heteroatoms. The molecule has 1 aromatic heterocycles. The lowest BCUT2D eigenvalue weighted by atomic mass is 10.0. The minimum atomic E-state index is -0.503. The van der Waals surface area contributed by atoms with E-state index in [0.29, 0.717) is 24.0 Å². The van der Waals surface area contributed by atoms with E-state index in [0.717, 1.165) is 18.5 Å². The van der Waals surface area contributed by atoms with Gasteiger partial charge in [0.25, 0.3) is 0 Å². The van der Waals surface area contributed by atoms with Crippen LogP contribution in [0, 0.1) is 12.8 Å². The lowest BCUT2D eigenvalue weighted by Crippen LogP contribution is -2.36. The summed E-state index contributed by atoms with van der Waals surface area (Å²) in [4.78, 5) is 16.8. The molecule has 1 aliphatic heterocycles. The number of carbonyl (C=O) groups is 1. The number of carbonyl (C=O) groups excluding carboxylic acids is 1. The van der Waals surface area contributed by atoms with Crippen molar-refractivity contribution in [2.75, 3.05) is 20.2 Å². The third-order valence-corrected chi connectivity index (χ3v) is 3.97. The Balaban J connectivity index is 1.92. The Morgan fingerprint density at radius 3 is 2.96 bits per heavy atom. The highest BCUT2D eigenvalue weighted by Crippen LogP contribution is 2.29. The quantitative estimate of drug-likeness (QED) is 0.861. The molecule has 1 amide bonds. The largest absolute Gasteiger partial charge is 0.496 e. The highest BCUT2D eigenvalue weighted by molar-refractivity contribution is 5.80. The molecule has 23 heavy (non-hydrogen) atoms. The van der Waals surface area contributed by atoms with Crippen molar-refractivity contribution < 1.29 is 14.1 Å². The molecule has 1 saturated heterocycles. The number of amides is 1. The second-order valence-corrected chi connectivity index (χ2v) is 5.54. The van der Waals surface area contributed by atoms with Crippen molar-refractivity contribution in [1.82, 2.24) is 20.8 Å². The highest BCUT2D eigenvalue weighted by Gasteiger charge is 2.29. The van der Waals surface area contributed by atoms with Crippen molar-refractivity contribution in [3.8, 4) is 5.75 Å². The Labute approximate surface area is 134 Å². The third kappa shape index (κ3) is 3.34. The number of nitrogens with zero attached hydrogens (tertiary/aromatic N) is 2. The SMILES string of the molecule is COc1ccccc1[C@H](NC(=O)[C@H]1CCNC1)c1noc(C)n1. The molecular weight excluding hydrogens is 296 g/mol. The molecule has 7 nitrogen and oxygen atoms in total. The van der Waals surface area contributed by atoms with Gasteiger partial charge < -0.3 is 19.9 Å². The van der Waals surface area contributed by atoms with Gasteiger partial charge in [0, 0.05) is 19.0 Å². The molecule has 1 aliphatic rings. The van der Waals surface area contributed by atoms with Crippen molar-refractivity contribution in [2.45, 2.75) is 19.4 Å². The zero-order valence-electron chi connectivity index (χ0n) is 13.2. The number of aryl methyl sites for hydroxylation is 1. The van der Waals surface area contributed by atoms with Gasteiger partial charge in [0.1, 0.15) is 11.8 Å². The van der Waals surface area contributed by atoms with Crippen LogP contribution in [-0.4, -0.2) is 36.2 Å². The Kier molecular flexibility index (Phi) is 4.57. The summed E-state index contributed by atoms with van der Waals surface area (Å²) in [6, 6.07) is 7.00. The highest BCUT2D eigenvalue weighted by atomic mass is 16.5. The number of benzene rings is 1. The predicted octanol–water partition coefficient (Wildman–Crippen LogP) is 1.20. The maximum Gasteiger partial charge on any atom is 0.225 e. The van der Waals surface area contributed by atoms with E-state index in [1.807, 2.05) is 24.3 Å². The second kappa shape index (κ2) is 6.78. The van der Waals surface area contributed by atoms with Crippen LogP contribution in [0.3, 0.4) is 0 Å². The number of nitrogens with one attached hydrogen (secondary N) is 2. The Bertz CT molecular complexity index is 679. The number of rotatable bonds is 5. The first-order valence-corrected chi connectivity index (χ1v) is 7.63. The van der Waals surface area contributed by atoms with Gasteiger partial charge in [-0.25, -0.2) is 0 Å². The normalized spacial score (nSPS) is 18.6. The fourth-order valence-electron chi connectivity index (χ4n) is 2.76. The summed E-state index contributed by atoms with van der Waals surface area (Å²) in [6.07, 6.45) is 0.829. The molecule has 0 saturated carbocycles. The zero-order valence-corrected chi connectivity index (χ0v) is 13.2. The van der Waals surface area contributed by atoms with E-state index in [-0.39, 0.29) is 11.8 Å². The van der Waals surface area contributed by atoms with Crippen LogP contribution in [0.2, 0.25) is 0 Å². The lowest BCUT2D eigenvalue weighted by molar-refractivity contribution is -0.125. The van der Waals surface area contributed by atoms with Gasteiger partial charge in [-0.3, -0.25) is 4.79 Å². The van der Waals surface area contributed by atoms with E-state index >= 15 is 0 Å². The van der Waals surface area contributed by atoms with Gasteiger partial charge in [0.05, 0.1) is 13.0 Å². The topological polar surface area (TPSA) is 89.3 Å². The standard InChI is InChI=1S/C16H20N4O3/c1-10-18-15(20-23-10)14(12-5-3-4-6-13(12)22-2)19-16(21)11-7-8-17-9-11/h3-6,11,14,17H,7-9H2,1-2H3,(H,19,21)/t11-,14-/m0/s1. The number of hydrogen-bond acceptors (Lipinski definition) is 6. The van der Waals surface area contributed by atoms with Crippen LogP contribution in [0.1, 0.15) is 29.7 Å². The zero-order chi connectivity index (χ0) is 16.2. The first kappa shape index (κ1) is 15.5. The van der Waals surface area contributed by atoms with Crippen molar-refractivity contribution in [3.05, 3.63) is 41.5 Å². The van der Waals surface area contributed by atoms with Gasteiger partial charge in [0.15, 0.2) is 5.82 Å². The van der Waals surface area contributed by atoms with Crippen molar-refractivity contribution in [3.63, 3.8) is 0 Å². The predicted molar refractivity (Wildman–Crippen MR) is 83.0 cm³/mol. The molecule has 3 rings (SSSR count). The molecule has 1 fully saturated rings. The van der Waals surface area contributed by atoms with Crippen LogP contribution in [0.5, 0.6) is 5.75 Å². The summed E-state index contributed by atoms with van der Waals surface area (Å²) in [5, 5.41) is 10.2. The van der Waals surface area contributed by atoms with E-state index in [9.17, 15) is 4.79 Å². The van der Waals surface area contributed by atoms with Gasteiger partial charge in [-0.05, 0) is 19.0 Å². The molecule has 122 valence electrons. The van der Waals surface area contributed by atoms with E-state index in [1.54, 1.807) is 14.0 Å². The van der Waals surface area contributed by atoms with E-state index < -0.39 is 6.04 Å². The molecule has 2 heterocycles. The molecule has 2 aromatic rings. The van der Waals surface area contributed by atoms with Crippen molar-refractivity contribution in [1.29, 1.82) is 0 Å². The van der Waals surface area contributed by atoms with Crippen LogP contribution >= 0.6 is 0 Å². The third-order valence-electron chi connectivity index (χ3n) is 3.97. The number of ether oxygens (including phenoxy) is 1. The fourth-order valence-corrected chi connectivity index (χ4v) is 2.76. The van der Waals surface area contributed by atoms with Crippen LogP contribution in [0.15, 0.2) is 28.8 Å². The van der Waals surface area contributed by atoms with Crippen LogP contribution in [0.4, 0.5) is 0 Å². The van der Waals surface area contributed by atoms with E-state index in [4.69, 9.17) is 9.26 Å². The van der Waals surface area contributed by atoms with E-state index in [2.05, 4.69) is 20.8 Å². The molecule has 0 spiro atoms. The average molecular weight is 316 g/mol. The summed E-state index contributed by atoms with van der Waals surface area (Å²) < 4.78 is 10.5. The maximum atomic E-state index is 12.5. The summed E-state index contributed by atoms with van der Waals surface area (Å²) in [6.45, 7) is 3.27. The van der Waals surface area contributed by atoms with Crippen molar-refractivity contribution >= 4 is 5.91 Å². The van der Waals surface area contributed by atoms with Gasteiger partial charge in [-0.15, -0.1) is 0 Å². The molecule has 2 atom stereocenters. The summed E-state index contributed by atoms with van der Waals surface area (Å²) in [5.74, 6) is 1.49. The number of para-hydroxylation sites is 1. The van der Waals surface area contributed by atoms with Crippen LogP contribution < -0.4 is 15.4 Å². The summed E-state index contributed by atoms with van der Waals surface area (Å²) >= 11 is 0. The molecular formula is C16H20N4O3. The Hall–Kier alpha value is -2.41. The number of hydrogen-bond donors (Lipinski definition) is 2. The Morgan fingerprint density at radius 1 is 1.48 bits per heavy atom. The minimum absolute atomic E-state index is 0.0200. The fraction of sp³-hybridized carbons (Fsp3) is 0.438. The summed E-state index contributed by atoms with van der Waals surface area (Å²) in [7, 11) is 1.60. The minimum Gasteiger partial charge on any atom is -0.496 e. The molecule has 1 aromatic carbocycles. The smallest absolute Gasteiger partial charge is 0.225 e. The van der Waals surface area contributed by atoms with Crippen molar-refractivity contribution in [2.24, 2.45) is 5.92 Å². The number of methoxy groups -OCH3 is 1. The first-order valence-electron chi connectivity index (χ1n) is 7.63. The maximum absolute atomic E-state index is 12.5. The van der Waals surface area contributed by atoms with Gasteiger partial charge >= 0.3 is 0 Å². The number of aromatic nitrogens is 2. The Morgan fingerprint density at radius 2 is 2.30 bits per heavy atom. The van der Waals surface area contributed by atoms with Gasteiger partial charge in [-0.2, -0.15) is 4.98 Å². The molecule has 0 unspecified atom stereocenters. The second-order valence-electron chi connectivity index (χ2n) is 5.54. The van der Waals surface area contributed by atoms with Crippen LogP contribution in [0.25, 0.3) is 0 Å². The van der Waals surface area contributed by atoms with Gasteiger partial charge in [0.2, 0.25) is 11.8 Å². The summed E-state index contributed by atoms with van der Waals surface area (Å²) in [5.41, 5.74) is 0.801. The molecule has 0 bridgehead atoms. The van der Waals surface area contributed by atoms with Crippen LogP contribution in [-0.2, 0) is 4.79 Å². The first-order chi connectivity index (χ1) is 11.2. The lowest BCUT2D eigenvalue weighted by Gasteiger charge is -2.20.